The minimum atomic E-state index is -0.127. The van der Waals surface area contributed by atoms with E-state index in [9.17, 15) is 4.79 Å². The summed E-state index contributed by atoms with van der Waals surface area (Å²) < 4.78 is 12.9. The smallest absolute Gasteiger partial charge is 0.234 e. The van der Waals surface area contributed by atoms with Crippen LogP contribution in [0.1, 0.15) is 24.7 Å². The lowest BCUT2D eigenvalue weighted by Gasteiger charge is -2.10. The van der Waals surface area contributed by atoms with E-state index in [1.165, 1.54) is 17.3 Å². The van der Waals surface area contributed by atoms with Gasteiger partial charge in [-0.3, -0.25) is 9.36 Å². The highest BCUT2D eigenvalue weighted by atomic mass is 32.2. The van der Waals surface area contributed by atoms with Gasteiger partial charge in [-0.05, 0) is 48.4 Å². The van der Waals surface area contributed by atoms with Crippen LogP contribution in [0.15, 0.2) is 66.3 Å². The molecule has 0 aliphatic rings. The summed E-state index contributed by atoms with van der Waals surface area (Å²) in [6.07, 6.45) is 3.94. The Hall–Kier alpha value is -3.26. The highest BCUT2D eigenvalue weighted by Gasteiger charge is 2.14. The largest absolute Gasteiger partial charge is 0.497 e. The molecule has 0 bridgehead atoms. The number of allylic oxidation sites excluding steroid dienone is 1. The fourth-order valence-electron chi connectivity index (χ4n) is 3.04. The number of rotatable bonds is 12. The molecule has 0 fully saturated rings. The molecule has 0 saturated carbocycles. The topological polar surface area (TPSA) is 78.3 Å². The monoisotopic (exact) mass is 452 g/mol. The van der Waals surface area contributed by atoms with Gasteiger partial charge in [0.25, 0.3) is 0 Å². The van der Waals surface area contributed by atoms with E-state index in [4.69, 9.17) is 9.47 Å². The summed E-state index contributed by atoms with van der Waals surface area (Å²) in [5, 5.41) is 12.0. The number of thioether (sulfide) groups is 1. The van der Waals surface area contributed by atoms with Gasteiger partial charge in [-0.1, -0.05) is 43.3 Å². The summed E-state index contributed by atoms with van der Waals surface area (Å²) in [6, 6.07) is 15.3. The average Bonchev–Trinajstić information content (AvgIpc) is 3.20. The maximum Gasteiger partial charge on any atom is 0.234 e. The number of anilines is 1. The molecule has 0 saturated heterocycles. The molecule has 1 N–H and O–H groups in total. The second-order valence-corrected chi connectivity index (χ2v) is 7.99. The minimum absolute atomic E-state index is 0.127. The Morgan fingerprint density at radius 2 is 1.84 bits per heavy atom. The van der Waals surface area contributed by atoms with Crippen molar-refractivity contribution in [3.63, 3.8) is 0 Å². The van der Waals surface area contributed by atoms with Crippen LogP contribution in [0.5, 0.6) is 11.5 Å². The minimum Gasteiger partial charge on any atom is -0.497 e. The van der Waals surface area contributed by atoms with E-state index in [0.29, 0.717) is 23.2 Å². The van der Waals surface area contributed by atoms with E-state index in [2.05, 4.69) is 41.1 Å². The number of nitrogens with one attached hydrogen (secondary N) is 1. The fourth-order valence-corrected chi connectivity index (χ4v) is 3.80. The number of hydrogen-bond acceptors (Lipinski definition) is 6. The molecule has 3 rings (SSSR count). The molecule has 3 aromatic rings. The van der Waals surface area contributed by atoms with Crippen LogP contribution in [0.3, 0.4) is 0 Å². The van der Waals surface area contributed by atoms with Gasteiger partial charge in [-0.25, -0.2) is 0 Å². The van der Waals surface area contributed by atoms with Gasteiger partial charge in [-0.15, -0.1) is 16.8 Å². The summed E-state index contributed by atoms with van der Waals surface area (Å²) >= 11 is 1.32. The van der Waals surface area contributed by atoms with Crippen molar-refractivity contribution in [2.75, 3.05) is 18.2 Å². The predicted octanol–water partition coefficient (Wildman–Crippen LogP) is 4.74. The quantitative estimate of drug-likeness (QED) is 0.316. The van der Waals surface area contributed by atoms with E-state index in [0.717, 1.165) is 24.3 Å². The van der Waals surface area contributed by atoms with Gasteiger partial charge in [0, 0.05) is 12.2 Å². The number of ether oxygens (including phenoxy) is 2. The zero-order chi connectivity index (χ0) is 22.8. The molecule has 0 spiro atoms. The van der Waals surface area contributed by atoms with Crippen molar-refractivity contribution in [3.8, 4) is 11.5 Å². The van der Waals surface area contributed by atoms with Gasteiger partial charge in [0.2, 0.25) is 5.91 Å². The van der Waals surface area contributed by atoms with Crippen molar-refractivity contribution >= 4 is 23.4 Å². The molecule has 7 nitrogen and oxygen atoms in total. The maximum absolute atomic E-state index is 12.3. The van der Waals surface area contributed by atoms with E-state index in [-0.39, 0.29) is 18.3 Å². The highest BCUT2D eigenvalue weighted by molar-refractivity contribution is 7.99. The third kappa shape index (κ3) is 6.62. The number of methoxy groups -OCH3 is 1. The van der Waals surface area contributed by atoms with Crippen molar-refractivity contribution in [1.82, 2.24) is 14.8 Å². The average molecular weight is 453 g/mol. The molecule has 0 radical (unpaired) electrons. The molecule has 1 aromatic heterocycles. The fraction of sp³-hybridized carbons (Fsp3) is 0.292. The summed E-state index contributed by atoms with van der Waals surface area (Å²) in [6.45, 7) is 6.79. The molecule has 0 unspecified atom stereocenters. The Morgan fingerprint density at radius 3 is 2.50 bits per heavy atom. The molecule has 32 heavy (non-hydrogen) atoms. The number of amides is 1. The first kappa shape index (κ1) is 23.4. The van der Waals surface area contributed by atoms with Gasteiger partial charge in [-0.2, -0.15) is 0 Å². The molecule has 0 aliphatic carbocycles. The molecule has 1 heterocycles. The number of aromatic nitrogens is 3. The van der Waals surface area contributed by atoms with Crippen LogP contribution >= 0.6 is 11.8 Å². The summed E-state index contributed by atoms with van der Waals surface area (Å²) in [5.41, 5.74) is 2.00. The second kappa shape index (κ2) is 12.0. The Bertz CT molecular complexity index is 1020. The van der Waals surface area contributed by atoms with Crippen LogP contribution in [0.2, 0.25) is 0 Å². The lowest BCUT2D eigenvalue weighted by Crippen LogP contribution is -2.15. The number of hydrogen-bond donors (Lipinski definition) is 1. The summed E-state index contributed by atoms with van der Waals surface area (Å²) in [5.74, 6) is 2.28. The normalized spacial score (nSPS) is 10.6. The first-order valence-electron chi connectivity index (χ1n) is 10.4. The molecule has 2 aromatic carbocycles. The van der Waals surface area contributed by atoms with Crippen LogP contribution < -0.4 is 14.8 Å². The van der Waals surface area contributed by atoms with Crippen LogP contribution in [0, 0.1) is 0 Å². The van der Waals surface area contributed by atoms with Crippen LogP contribution in [-0.2, 0) is 24.4 Å². The highest BCUT2D eigenvalue weighted by Crippen LogP contribution is 2.21. The standard InChI is InChI=1S/C24H28N4O3S/c1-4-6-18-7-11-21(12-8-18)31-16-22-26-27-24(28(22)15-5-2)32-17-23(29)25-19-9-13-20(30-3)14-10-19/h5,7-14H,2,4,6,15-17H2,1,3H3,(H,25,29). The lowest BCUT2D eigenvalue weighted by molar-refractivity contribution is -0.113. The summed E-state index contributed by atoms with van der Waals surface area (Å²) in [4.78, 5) is 12.3. The number of carbonyl (C=O) groups excluding carboxylic acids is 1. The Kier molecular flexibility index (Phi) is 8.74. The van der Waals surface area contributed by atoms with Crippen LogP contribution in [0.25, 0.3) is 0 Å². The van der Waals surface area contributed by atoms with Crippen molar-refractivity contribution in [2.24, 2.45) is 0 Å². The molecule has 168 valence electrons. The molecule has 0 atom stereocenters. The van der Waals surface area contributed by atoms with Crippen LogP contribution in [0.4, 0.5) is 5.69 Å². The maximum atomic E-state index is 12.3. The van der Waals surface area contributed by atoms with Crippen molar-refractivity contribution in [3.05, 3.63) is 72.6 Å². The number of carbonyl (C=O) groups is 1. The zero-order valence-corrected chi connectivity index (χ0v) is 19.2. The molecular formula is C24H28N4O3S. The van der Waals surface area contributed by atoms with Gasteiger partial charge >= 0.3 is 0 Å². The van der Waals surface area contributed by atoms with E-state index in [1.54, 1.807) is 37.5 Å². The van der Waals surface area contributed by atoms with Crippen molar-refractivity contribution < 1.29 is 14.3 Å². The third-order valence-electron chi connectivity index (χ3n) is 4.64. The van der Waals surface area contributed by atoms with Gasteiger partial charge < -0.3 is 14.8 Å². The van der Waals surface area contributed by atoms with E-state index in [1.807, 2.05) is 16.7 Å². The van der Waals surface area contributed by atoms with Gasteiger partial charge in [0.15, 0.2) is 11.0 Å². The number of benzene rings is 2. The molecule has 1 amide bonds. The van der Waals surface area contributed by atoms with Gasteiger partial charge in [0.05, 0.1) is 12.9 Å². The van der Waals surface area contributed by atoms with Crippen molar-refractivity contribution in [1.29, 1.82) is 0 Å². The zero-order valence-electron chi connectivity index (χ0n) is 18.4. The SMILES string of the molecule is C=CCn1c(COc2ccc(CCC)cc2)nnc1SCC(=O)Nc1ccc(OC)cc1. The van der Waals surface area contributed by atoms with Gasteiger partial charge in [0.1, 0.15) is 18.1 Å². The Morgan fingerprint density at radius 1 is 1.12 bits per heavy atom. The first-order chi connectivity index (χ1) is 15.6. The second-order valence-electron chi connectivity index (χ2n) is 7.05. The first-order valence-corrected chi connectivity index (χ1v) is 11.4. The summed E-state index contributed by atoms with van der Waals surface area (Å²) in [7, 11) is 1.60. The van der Waals surface area contributed by atoms with Crippen LogP contribution in [-0.4, -0.2) is 33.5 Å². The molecular weight excluding hydrogens is 424 g/mol. The lowest BCUT2D eigenvalue weighted by atomic mass is 10.1. The Labute approximate surface area is 192 Å². The molecule has 0 aliphatic heterocycles. The van der Waals surface area contributed by atoms with E-state index >= 15 is 0 Å². The number of nitrogens with zero attached hydrogens (tertiary/aromatic N) is 3. The number of aryl methyl sites for hydroxylation is 1. The van der Waals surface area contributed by atoms with E-state index < -0.39 is 0 Å². The molecule has 8 heteroatoms. The third-order valence-corrected chi connectivity index (χ3v) is 5.61. The predicted molar refractivity (Wildman–Crippen MR) is 127 cm³/mol. The van der Waals surface area contributed by atoms with Crippen molar-refractivity contribution in [2.45, 2.75) is 38.1 Å². The Balaban J connectivity index is 1.57.